The van der Waals surface area contributed by atoms with E-state index in [1.54, 1.807) is 0 Å². The molecule has 0 unspecified atom stereocenters. The van der Waals surface area contributed by atoms with E-state index in [0.717, 1.165) is 21.8 Å². The van der Waals surface area contributed by atoms with Crippen molar-refractivity contribution in [2.24, 2.45) is 0 Å². The fourth-order valence-corrected chi connectivity index (χ4v) is 3.15. The molecule has 2 heterocycles. The van der Waals surface area contributed by atoms with Gasteiger partial charge in [-0.05, 0) is 18.6 Å². The third-order valence-corrected chi connectivity index (χ3v) is 4.60. The first kappa shape index (κ1) is 16.7. The van der Waals surface area contributed by atoms with E-state index >= 15 is 0 Å². The number of H-pyrrole nitrogens is 1. The number of benzene rings is 1. The summed E-state index contributed by atoms with van der Waals surface area (Å²) in [4.78, 5) is 20.9. The maximum atomic E-state index is 12.3. The fourth-order valence-electron chi connectivity index (χ4n) is 2.16. The maximum absolute atomic E-state index is 12.3. The number of nitrogens with zero attached hydrogens (tertiary/aromatic N) is 1. The van der Waals surface area contributed by atoms with Crippen LogP contribution in [0.15, 0.2) is 35.1 Å². The van der Waals surface area contributed by atoms with Crippen molar-refractivity contribution in [3.8, 4) is 10.4 Å². The molecule has 0 saturated heterocycles. The highest BCUT2D eigenvalue weighted by Crippen LogP contribution is 2.31. The molecular weight excluding hydrogens is 316 g/mol. The topological polar surface area (TPSA) is 45.8 Å². The summed E-state index contributed by atoms with van der Waals surface area (Å²) in [5, 5.41) is 0. The summed E-state index contributed by atoms with van der Waals surface area (Å²) in [6.07, 6.45) is 0. The van der Waals surface area contributed by atoms with Crippen LogP contribution in [0.3, 0.4) is 0 Å². The van der Waals surface area contributed by atoms with Crippen molar-refractivity contribution in [2.45, 2.75) is 33.1 Å². The smallest absolute Gasteiger partial charge is 0.268 e. The largest absolute Gasteiger partial charge is 0.309 e. The monoisotopic (exact) mass is 334 g/mol. The quantitative estimate of drug-likeness (QED) is 0.702. The number of aromatic nitrogens is 2. The van der Waals surface area contributed by atoms with E-state index in [4.69, 9.17) is 0 Å². The minimum Gasteiger partial charge on any atom is -0.309 e. The summed E-state index contributed by atoms with van der Waals surface area (Å²) in [6.45, 7) is 8.20. The van der Waals surface area contributed by atoms with Crippen LogP contribution in [-0.4, -0.2) is 9.97 Å². The molecule has 0 atom stereocenters. The van der Waals surface area contributed by atoms with Crippen LogP contribution in [0, 0.1) is 6.92 Å². The number of nitrogens with one attached hydrogen (secondary N) is 1. The van der Waals surface area contributed by atoms with E-state index < -0.39 is 0 Å². The Bertz CT molecular complexity index is 857. The number of thiophene rings is 1. The minimum absolute atomic E-state index is 0. The second-order valence-corrected chi connectivity index (χ2v) is 7.41. The Morgan fingerprint density at radius 3 is 2.36 bits per heavy atom. The van der Waals surface area contributed by atoms with E-state index in [0.29, 0.717) is 4.70 Å². The third-order valence-electron chi connectivity index (χ3n) is 3.43. The van der Waals surface area contributed by atoms with Gasteiger partial charge in [-0.3, -0.25) is 4.79 Å². The second-order valence-electron chi connectivity index (χ2n) is 6.36. The van der Waals surface area contributed by atoms with Gasteiger partial charge in [0, 0.05) is 10.3 Å². The highest BCUT2D eigenvalue weighted by atomic mass is 35.5. The number of hydrogen-bond donors (Lipinski definition) is 1. The predicted molar refractivity (Wildman–Crippen MR) is 96.4 cm³/mol. The Kier molecular flexibility index (Phi) is 4.45. The van der Waals surface area contributed by atoms with Crippen molar-refractivity contribution in [2.75, 3.05) is 0 Å². The van der Waals surface area contributed by atoms with Gasteiger partial charge >= 0.3 is 0 Å². The molecule has 3 nitrogen and oxygen atoms in total. The lowest BCUT2D eigenvalue weighted by molar-refractivity contribution is 0.546. The Labute approximate surface area is 139 Å². The number of aromatic amines is 1. The van der Waals surface area contributed by atoms with Crippen molar-refractivity contribution >= 4 is 34.0 Å². The van der Waals surface area contributed by atoms with Gasteiger partial charge < -0.3 is 4.98 Å². The molecule has 116 valence electrons. The zero-order chi connectivity index (χ0) is 15.2. The molecule has 22 heavy (non-hydrogen) atoms. The molecule has 0 fully saturated rings. The molecule has 1 aromatic carbocycles. The van der Waals surface area contributed by atoms with Crippen molar-refractivity contribution in [3.05, 3.63) is 52.1 Å². The van der Waals surface area contributed by atoms with Gasteiger partial charge in [0.05, 0.1) is 5.52 Å². The van der Waals surface area contributed by atoms with E-state index in [1.807, 2.05) is 26.8 Å². The molecule has 0 radical (unpaired) electrons. The van der Waals surface area contributed by atoms with Gasteiger partial charge in [-0.2, -0.15) is 0 Å². The summed E-state index contributed by atoms with van der Waals surface area (Å²) >= 11 is 1.50. The van der Waals surface area contributed by atoms with Gasteiger partial charge in [0.2, 0.25) is 0 Å². The van der Waals surface area contributed by atoms with Crippen LogP contribution in [0.4, 0.5) is 0 Å². The SMILES string of the molecule is Cc1ccc(-c2cc3nc(C(C)(C)C)[nH]c(=O)c3s2)cc1.Cl. The van der Waals surface area contributed by atoms with Crippen molar-refractivity contribution < 1.29 is 0 Å². The van der Waals surface area contributed by atoms with Gasteiger partial charge in [0.1, 0.15) is 10.5 Å². The van der Waals surface area contributed by atoms with Gasteiger partial charge in [-0.25, -0.2) is 4.98 Å². The maximum Gasteiger partial charge on any atom is 0.268 e. The van der Waals surface area contributed by atoms with E-state index in [9.17, 15) is 4.79 Å². The van der Waals surface area contributed by atoms with Crippen LogP contribution in [0.1, 0.15) is 32.2 Å². The van der Waals surface area contributed by atoms with E-state index in [1.165, 1.54) is 16.9 Å². The van der Waals surface area contributed by atoms with Gasteiger partial charge in [-0.15, -0.1) is 23.7 Å². The number of halogens is 1. The molecule has 1 N–H and O–H groups in total. The van der Waals surface area contributed by atoms with Gasteiger partial charge in [-0.1, -0.05) is 50.6 Å². The van der Waals surface area contributed by atoms with Crippen LogP contribution in [0.25, 0.3) is 20.7 Å². The highest BCUT2D eigenvalue weighted by molar-refractivity contribution is 7.22. The lowest BCUT2D eigenvalue weighted by Crippen LogP contribution is -2.21. The molecule has 3 aromatic rings. The third kappa shape index (κ3) is 3.08. The summed E-state index contributed by atoms with van der Waals surface area (Å²) < 4.78 is 0.693. The summed E-state index contributed by atoms with van der Waals surface area (Å²) in [5.41, 5.74) is 2.92. The molecular formula is C17H19ClN2OS. The lowest BCUT2D eigenvalue weighted by Gasteiger charge is -2.16. The molecule has 2 aromatic heterocycles. The zero-order valence-corrected chi connectivity index (χ0v) is 14.7. The standard InChI is InChI=1S/C17H18N2OS.ClH/c1-10-5-7-11(8-6-10)13-9-12-14(21-13)15(20)19-16(18-12)17(2,3)4;/h5-9H,1-4H3,(H,18,19,20);1H. The Morgan fingerprint density at radius 1 is 1.14 bits per heavy atom. The molecule has 0 spiro atoms. The van der Waals surface area contributed by atoms with Crippen LogP contribution < -0.4 is 5.56 Å². The van der Waals surface area contributed by atoms with Crippen molar-refractivity contribution in [1.29, 1.82) is 0 Å². The summed E-state index contributed by atoms with van der Waals surface area (Å²) in [7, 11) is 0. The minimum atomic E-state index is -0.167. The number of aryl methyl sites for hydroxylation is 1. The van der Waals surface area contributed by atoms with Crippen LogP contribution in [0.2, 0.25) is 0 Å². The predicted octanol–water partition coefficient (Wildman–Crippen LogP) is 4.68. The molecule has 0 bridgehead atoms. The average molecular weight is 335 g/mol. The molecule has 0 aliphatic heterocycles. The molecule has 0 aliphatic rings. The Balaban J connectivity index is 0.00000176. The van der Waals surface area contributed by atoms with Crippen molar-refractivity contribution in [1.82, 2.24) is 9.97 Å². The van der Waals surface area contributed by atoms with E-state index in [-0.39, 0.29) is 23.4 Å². The van der Waals surface area contributed by atoms with E-state index in [2.05, 4.69) is 41.2 Å². The Hall–Kier alpha value is -1.65. The number of rotatable bonds is 1. The van der Waals surface area contributed by atoms with Crippen molar-refractivity contribution in [3.63, 3.8) is 0 Å². The number of hydrogen-bond acceptors (Lipinski definition) is 3. The molecule has 3 rings (SSSR count). The molecule has 0 amide bonds. The van der Waals surface area contributed by atoms with Gasteiger partial charge in [0.15, 0.2) is 0 Å². The zero-order valence-electron chi connectivity index (χ0n) is 13.1. The molecule has 0 saturated carbocycles. The first-order chi connectivity index (χ1) is 9.84. The first-order valence-corrected chi connectivity index (χ1v) is 7.77. The molecule has 5 heteroatoms. The Morgan fingerprint density at radius 2 is 1.77 bits per heavy atom. The summed E-state index contributed by atoms with van der Waals surface area (Å²) in [5.74, 6) is 0.730. The molecule has 0 aliphatic carbocycles. The average Bonchev–Trinajstić information content (AvgIpc) is 2.83. The number of fused-ring (bicyclic) bond motifs is 1. The van der Waals surface area contributed by atoms with Crippen LogP contribution in [-0.2, 0) is 5.41 Å². The first-order valence-electron chi connectivity index (χ1n) is 6.96. The summed E-state index contributed by atoms with van der Waals surface area (Å²) in [6, 6.07) is 10.3. The lowest BCUT2D eigenvalue weighted by atomic mass is 9.96. The second kappa shape index (κ2) is 5.86. The van der Waals surface area contributed by atoms with Gasteiger partial charge in [0.25, 0.3) is 5.56 Å². The van der Waals surface area contributed by atoms with Crippen LogP contribution >= 0.6 is 23.7 Å². The normalized spacial score (nSPS) is 11.5. The fraction of sp³-hybridized carbons (Fsp3) is 0.294. The highest BCUT2D eigenvalue weighted by Gasteiger charge is 2.19. The van der Waals surface area contributed by atoms with Crippen LogP contribution in [0.5, 0.6) is 0 Å².